The molecule has 6 heteroatoms. The Bertz CT molecular complexity index is 741. The van der Waals surface area contributed by atoms with Crippen LogP contribution in [0.1, 0.15) is 21.5 Å². The Labute approximate surface area is 125 Å². The van der Waals surface area contributed by atoms with Crippen LogP contribution in [-0.2, 0) is 11.3 Å². The predicted octanol–water partition coefficient (Wildman–Crippen LogP) is 3.29. The number of carbonyl (C=O) groups is 1. The SMILES string of the molecule is N#Cc1cc(COC(=O)c2cccc(N)c2Cl)ccc1F. The number of hydrogen-bond donors (Lipinski definition) is 1. The molecular weight excluding hydrogens is 295 g/mol. The molecule has 21 heavy (non-hydrogen) atoms. The van der Waals surface area contributed by atoms with E-state index in [1.807, 2.05) is 0 Å². The number of nitriles is 1. The van der Waals surface area contributed by atoms with E-state index < -0.39 is 11.8 Å². The number of esters is 1. The smallest absolute Gasteiger partial charge is 0.340 e. The van der Waals surface area contributed by atoms with Crippen LogP contribution in [0.4, 0.5) is 10.1 Å². The predicted molar refractivity (Wildman–Crippen MR) is 76.1 cm³/mol. The number of carbonyl (C=O) groups excluding carboxylic acids is 1. The number of rotatable bonds is 3. The first kappa shape index (κ1) is 14.8. The van der Waals surface area contributed by atoms with E-state index in [2.05, 4.69) is 0 Å². The van der Waals surface area contributed by atoms with Crippen molar-refractivity contribution in [3.63, 3.8) is 0 Å². The molecule has 0 amide bonds. The molecule has 2 N–H and O–H groups in total. The zero-order valence-corrected chi connectivity index (χ0v) is 11.5. The van der Waals surface area contributed by atoms with Gasteiger partial charge in [0.2, 0.25) is 0 Å². The van der Waals surface area contributed by atoms with Crippen molar-refractivity contribution in [2.45, 2.75) is 6.61 Å². The van der Waals surface area contributed by atoms with Crippen LogP contribution in [0.3, 0.4) is 0 Å². The zero-order chi connectivity index (χ0) is 15.4. The molecule has 0 fully saturated rings. The van der Waals surface area contributed by atoms with Crippen LogP contribution >= 0.6 is 11.6 Å². The Kier molecular flexibility index (Phi) is 4.41. The van der Waals surface area contributed by atoms with Crippen molar-refractivity contribution in [1.29, 1.82) is 5.26 Å². The van der Waals surface area contributed by atoms with Crippen LogP contribution in [0.15, 0.2) is 36.4 Å². The minimum absolute atomic E-state index is 0.0983. The van der Waals surface area contributed by atoms with Gasteiger partial charge in [-0.2, -0.15) is 5.26 Å². The average molecular weight is 305 g/mol. The number of halogens is 2. The van der Waals surface area contributed by atoms with Crippen LogP contribution < -0.4 is 5.73 Å². The Balaban J connectivity index is 2.11. The van der Waals surface area contributed by atoms with Crippen LogP contribution in [0.25, 0.3) is 0 Å². The van der Waals surface area contributed by atoms with Gasteiger partial charge in [-0.15, -0.1) is 0 Å². The highest BCUT2D eigenvalue weighted by Gasteiger charge is 2.14. The van der Waals surface area contributed by atoms with Crippen molar-refractivity contribution in [3.05, 3.63) is 63.9 Å². The molecule has 2 aromatic carbocycles. The van der Waals surface area contributed by atoms with E-state index in [0.717, 1.165) is 6.07 Å². The van der Waals surface area contributed by atoms with Crippen molar-refractivity contribution < 1.29 is 13.9 Å². The third kappa shape index (κ3) is 3.30. The van der Waals surface area contributed by atoms with Crippen molar-refractivity contribution in [3.8, 4) is 6.07 Å². The molecule has 0 radical (unpaired) electrons. The van der Waals surface area contributed by atoms with Gasteiger partial charge in [-0.05, 0) is 29.8 Å². The van der Waals surface area contributed by atoms with E-state index in [0.29, 0.717) is 5.56 Å². The molecule has 0 bridgehead atoms. The summed E-state index contributed by atoms with van der Waals surface area (Å²) in [5, 5.41) is 8.86. The molecule has 0 saturated heterocycles. The van der Waals surface area contributed by atoms with Gasteiger partial charge in [-0.3, -0.25) is 0 Å². The Morgan fingerprint density at radius 1 is 1.38 bits per heavy atom. The highest BCUT2D eigenvalue weighted by atomic mass is 35.5. The first-order valence-electron chi connectivity index (χ1n) is 5.92. The van der Waals surface area contributed by atoms with Gasteiger partial charge >= 0.3 is 5.97 Å². The van der Waals surface area contributed by atoms with Crippen LogP contribution in [0.5, 0.6) is 0 Å². The maximum Gasteiger partial charge on any atom is 0.340 e. The minimum atomic E-state index is -0.643. The van der Waals surface area contributed by atoms with E-state index in [4.69, 9.17) is 27.3 Å². The van der Waals surface area contributed by atoms with E-state index in [1.54, 1.807) is 18.2 Å². The van der Waals surface area contributed by atoms with E-state index in [9.17, 15) is 9.18 Å². The highest BCUT2D eigenvalue weighted by molar-refractivity contribution is 6.36. The molecule has 0 aliphatic heterocycles. The average Bonchev–Trinajstić information content (AvgIpc) is 2.49. The van der Waals surface area contributed by atoms with Gasteiger partial charge in [0.25, 0.3) is 0 Å². The number of ether oxygens (including phenoxy) is 1. The van der Waals surface area contributed by atoms with Gasteiger partial charge in [0, 0.05) is 0 Å². The fourth-order valence-corrected chi connectivity index (χ4v) is 1.89. The second-order valence-electron chi connectivity index (χ2n) is 4.21. The largest absolute Gasteiger partial charge is 0.457 e. The van der Waals surface area contributed by atoms with E-state index >= 15 is 0 Å². The zero-order valence-electron chi connectivity index (χ0n) is 10.8. The van der Waals surface area contributed by atoms with Crippen molar-refractivity contribution in [2.24, 2.45) is 0 Å². The first-order valence-corrected chi connectivity index (χ1v) is 6.30. The molecule has 0 spiro atoms. The van der Waals surface area contributed by atoms with Crippen molar-refractivity contribution in [2.75, 3.05) is 5.73 Å². The summed E-state index contributed by atoms with van der Waals surface area (Å²) < 4.78 is 18.2. The summed E-state index contributed by atoms with van der Waals surface area (Å²) in [5.41, 5.74) is 6.43. The van der Waals surface area contributed by atoms with E-state index in [1.165, 1.54) is 18.2 Å². The normalized spacial score (nSPS) is 9.95. The van der Waals surface area contributed by atoms with Gasteiger partial charge in [0.15, 0.2) is 0 Å². The quantitative estimate of drug-likeness (QED) is 0.697. The summed E-state index contributed by atoms with van der Waals surface area (Å²) in [6, 6.07) is 10.3. The third-order valence-electron chi connectivity index (χ3n) is 2.77. The van der Waals surface area contributed by atoms with Gasteiger partial charge in [0.05, 0.1) is 21.8 Å². The summed E-state index contributed by atoms with van der Waals surface area (Å²) in [5.74, 6) is -1.26. The van der Waals surface area contributed by atoms with Gasteiger partial charge in [0.1, 0.15) is 18.5 Å². The summed E-state index contributed by atoms with van der Waals surface area (Å²) in [6.45, 7) is -0.0983. The lowest BCUT2D eigenvalue weighted by molar-refractivity contribution is 0.0473. The Morgan fingerprint density at radius 3 is 2.86 bits per heavy atom. The lowest BCUT2D eigenvalue weighted by Gasteiger charge is -2.08. The lowest BCUT2D eigenvalue weighted by Crippen LogP contribution is -2.07. The number of nitrogens with zero attached hydrogens (tertiary/aromatic N) is 1. The van der Waals surface area contributed by atoms with Gasteiger partial charge < -0.3 is 10.5 Å². The minimum Gasteiger partial charge on any atom is -0.457 e. The second kappa shape index (κ2) is 6.25. The van der Waals surface area contributed by atoms with E-state index in [-0.39, 0.29) is 28.4 Å². The number of anilines is 1. The Morgan fingerprint density at radius 2 is 2.14 bits per heavy atom. The molecule has 0 unspecified atom stereocenters. The third-order valence-corrected chi connectivity index (χ3v) is 3.19. The monoisotopic (exact) mass is 304 g/mol. The standard InChI is InChI=1S/C15H10ClFN2O2/c16-14-11(2-1-3-13(14)19)15(20)21-8-9-4-5-12(17)10(6-9)7-18/h1-6H,8,19H2. The van der Waals surface area contributed by atoms with Crippen LogP contribution in [-0.4, -0.2) is 5.97 Å². The molecule has 4 nitrogen and oxygen atoms in total. The maximum atomic E-state index is 13.2. The number of nitrogens with two attached hydrogens (primary N) is 1. The van der Waals surface area contributed by atoms with Crippen molar-refractivity contribution in [1.82, 2.24) is 0 Å². The molecule has 0 heterocycles. The number of hydrogen-bond acceptors (Lipinski definition) is 4. The van der Waals surface area contributed by atoms with Crippen molar-refractivity contribution >= 4 is 23.3 Å². The fourth-order valence-electron chi connectivity index (χ4n) is 1.68. The number of nitrogen functional groups attached to an aromatic ring is 1. The molecule has 0 aromatic heterocycles. The molecule has 0 aliphatic rings. The lowest BCUT2D eigenvalue weighted by atomic mass is 10.1. The topological polar surface area (TPSA) is 76.1 Å². The summed E-state index contributed by atoms with van der Waals surface area (Å²) in [4.78, 5) is 11.9. The molecule has 0 aliphatic carbocycles. The highest BCUT2D eigenvalue weighted by Crippen LogP contribution is 2.24. The maximum absolute atomic E-state index is 13.2. The Hall–Kier alpha value is -2.58. The number of benzene rings is 2. The van der Waals surface area contributed by atoms with Crippen LogP contribution in [0.2, 0.25) is 5.02 Å². The second-order valence-corrected chi connectivity index (χ2v) is 4.59. The molecule has 2 aromatic rings. The molecule has 0 saturated carbocycles. The molecular formula is C15H10ClFN2O2. The van der Waals surface area contributed by atoms with Gasteiger partial charge in [-0.1, -0.05) is 23.7 Å². The summed E-state index contributed by atoms with van der Waals surface area (Å²) in [7, 11) is 0. The fraction of sp³-hybridized carbons (Fsp3) is 0.0667. The molecule has 2 rings (SSSR count). The van der Waals surface area contributed by atoms with Crippen LogP contribution in [0, 0.1) is 17.1 Å². The summed E-state index contributed by atoms with van der Waals surface area (Å²) in [6.07, 6.45) is 0. The first-order chi connectivity index (χ1) is 10.0. The molecule has 0 atom stereocenters. The summed E-state index contributed by atoms with van der Waals surface area (Å²) >= 11 is 5.92. The van der Waals surface area contributed by atoms with Gasteiger partial charge in [-0.25, -0.2) is 9.18 Å². The molecule has 106 valence electrons.